The third-order valence-electron chi connectivity index (χ3n) is 1.41. The highest BCUT2D eigenvalue weighted by atomic mass is 35.5. The van der Waals surface area contributed by atoms with Crippen LogP contribution >= 0.6 is 11.6 Å². The zero-order valence-electron chi connectivity index (χ0n) is 5.90. The Morgan fingerprint density at radius 1 is 1.67 bits per heavy atom. The molecule has 1 nitrogen and oxygen atoms in total. The summed E-state index contributed by atoms with van der Waals surface area (Å²) in [6, 6.07) is 0.280. The van der Waals surface area contributed by atoms with Crippen LogP contribution in [0.5, 0.6) is 0 Å². The maximum atomic E-state index is 11.7. The first kappa shape index (κ1) is 9.18. The second kappa shape index (κ2) is 5.00. The number of hydrogen-bond donors (Lipinski definition) is 0. The molecule has 1 unspecified atom stereocenters. The van der Waals surface area contributed by atoms with E-state index in [4.69, 9.17) is 11.6 Å². The molecule has 0 rings (SSSR count). The molecule has 3 heteroatoms. The van der Waals surface area contributed by atoms with Crippen LogP contribution < -0.4 is 0 Å². The Kier molecular flexibility index (Phi) is 5.10. The van der Waals surface area contributed by atoms with Crippen molar-refractivity contribution in [2.45, 2.75) is 13.0 Å². The summed E-state index contributed by atoms with van der Waals surface area (Å²) in [6.45, 7) is 2.16. The van der Waals surface area contributed by atoms with Crippen LogP contribution in [0.4, 0.5) is 4.39 Å². The number of rotatable bonds is 4. The van der Waals surface area contributed by atoms with Crippen molar-refractivity contribution in [2.75, 3.05) is 26.1 Å². The van der Waals surface area contributed by atoms with Gasteiger partial charge in [-0.25, -0.2) is 4.39 Å². The normalized spacial score (nSPS) is 14.3. The topological polar surface area (TPSA) is 3.24 Å². The fourth-order valence-corrected chi connectivity index (χ4v) is 0.707. The van der Waals surface area contributed by atoms with Crippen molar-refractivity contribution in [3.05, 3.63) is 0 Å². The molecule has 0 radical (unpaired) electrons. The molecule has 1 atom stereocenters. The molecular formula is C6H13ClFN. The van der Waals surface area contributed by atoms with E-state index in [1.165, 1.54) is 0 Å². The third-order valence-corrected chi connectivity index (χ3v) is 1.86. The van der Waals surface area contributed by atoms with Crippen LogP contribution in [0.3, 0.4) is 0 Å². The lowest BCUT2D eigenvalue weighted by Gasteiger charge is -2.20. The minimum absolute atomic E-state index is 0.280. The first-order chi connectivity index (χ1) is 4.22. The van der Waals surface area contributed by atoms with Crippen LogP contribution in [-0.4, -0.2) is 37.1 Å². The summed E-state index contributed by atoms with van der Waals surface area (Å²) >= 11 is 5.52. The quantitative estimate of drug-likeness (QED) is 0.554. The monoisotopic (exact) mass is 153 g/mol. The Balaban J connectivity index is 3.32. The van der Waals surface area contributed by atoms with E-state index in [9.17, 15) is 4.39 Å². The van der Waals surface area contributed by atoms with Crippen LogP contribution in [0.15, 0.2) is 0 Å². The second-order valence-corrected chi connectivity index (χ2v) is 2.48. The molecule has 0 spiro atoms. The van der Waals surface area contributed by atoms with E-state index in [2.05, 4.69) is 0 Å². The Morgan fingerprint density at radius 3 is 2.56 bits per heavy atom. The SMILES string of the molecule is CC(CCl)N(C)CCF. The zero-order valence-corrected chi connectivity index (χ0v) is 6.66. The van der Waals surface area contributed by atoms with Gasteiger partial charge in [-0.3, -0.25) is 4.90 Å². The third kappa shape index (κ3) is 3.71. The predicted molar refractivity (Wildman–Crippen MR) is 38.8 cm³/mol. The fourth-order valence-electron chi connectivity index (χ4n) is 0.471. The smallest absolute Gasteiger partial charge is 0.102 e. The van der Waals surface area contributed by atoms with E-state index >= 15 is 0 Å². The van der Waals surface area contributed by atoms with Gasteiger partial charge in [0.1, 0.15) is 6.67 Å². The summed E-state index contributed by atoms with van der Waals surface area (Å²) in [6.07, 6.45) is 0. The molecule has 0 aliphatic carbocycles. The van der Waals surface area contributed by atoms with E-state index in [0.717, 1.165) is 0 Å². The fraction of sp³-hybridized carbons (Fsp3) is 1.00. The van der Waals surface area contributed by atoms with Gasteiger partial charge in [-0.2, -0.15) is 0 Å². The van der Waals surface area contributed by atoms with Crippen molar-refractivity contribution in [2.24, 2.45) is 0 Å². The molecule has 0 saturated heterocycles. The maximum Gasteiger partial charge on any atom is 0.102 e. The molecule has 0 bridgehead atoms. The van der Waals surface area contributed by atoms with Crippen molar-refractivity contribution >= 4 is 11.6 Å². The minimum Gasteiger partial charge on any atom is -0.300 e. The molecule has 0 aliphatic heterocycles. The van der Waals surface area contributed by atoms with Gasteiger partial charge in [0.05, 0.1) is 0 Å². The largest absolute Gasteiger partial charge is 0.300 e. The number of nitrogens with zero attached hydrogens (tertiary/aromatic N) is 1. The van der Waals surface area contributed by atoms with Gasteiger partial charge in [-0.05, 0) is 14.0 Å². The minimum atomic E-state index is -0.294. The molecule has 0 heterocycles. The van der Waals surface area contributed by atoms with Gasteiger partial charge >= 0.3 is 0 Å². The highest BCUT2D eigenvalue weighted by Crippen LogP contribution is 1.96. The average Bonchev–Trinajstić information content (AvgIpc) is 1.87. The Labute approximate surface area is 60.8 Å². The first-order valence-electron chi connectivity index (χ1n) is 3.04. The molecule has 0 saturated carbocycles. The van der Waals surface area contributed by atoms with E-state index in [0.29, 0.717) is 12.4 Å². The molecule has 56 valence electrons. The lowest BCUT2D eigenvalue weighted by atomic mass is 10.3. The molecule has 9 heavy (non-hydrogen) atoms. The first-order valence-corrected chi connectivity index (χ1v) is 3.58. The lowest BCUT2D eigenvalue weighted by molar-refractivity contribution is 0.250. The maximum absolute atomic E-state index is 11.7. The summed E-state index contributed by atoms with van der Waals surface area (Å²) < 4.78 is 11.7. The zero-order chi connectivity index (χ0) is 7.28. The van der Waals surface area contributed by atoms with Gasteiger partial charge in [-0.15, -0.1) is 11.6 Å². The van der Waals surface area contributed by atoms with Gasteiger partial charge in [0, 0.05) is 18.5 Å². The second-order valence-electron chi connectivity index (χ2n) is 2.17. The van der Waals surface area contributed by atoms with Gasteiger partial charge in [0.15, 0.2) is 0 Å². The van der Waals surface area contributed by atoms with E-state index in [1.54, 1.807) is 0 Å². The molecule has 0 aromatic rings. The number of alkyl halides is 2. The molecule has 0 amide bonds. The summed E-state index contributed by atoms with van der Waals surface area (Å²) in [5.74, 6) is 0.566. The summed E-state index contributed by atoms with van der Waals surface area (Å²) in [4.78, 5) is 1.90. The highest BCUT2D eigenvalue weighted by molar-refractivity contribution is 6.18. The van der Waals surface area contributed by atoms with E-state index < -0.39 is 0 Å². The molecule has 0 N–H and O–H groups in total. The molecule has 0 aromatic heterocycles. The van der Waals surface area contributed by atoms with Crippen LogP contribution in [-0.2, 0) is 0 Å². The van der Waals surface area contributed by atoms with E-state index in [-0.39, 0.29) is 12.7 Å². The van der Waals surface area contributed by atoms with Crippen LogP contribution in [0, 0.1) is 0 Å². The van der Waals surface area contributed by atoms with Crippen molar-refractivity contribution < 1.29 is 4.39 Å². The molecule has 0 aliphatic rings. The lowest BCUT2D eigenvalue weighted by Crippen LogP contribution is -2.32. The summed E-state index contributed by atoms with van der Waals surface area (Å²) in [5, 5.41) is 0. The highest BCUT2D eigenvalue weighted by Gasteiger charge is 2.05. The van der Waals surface area contributed by atoms with Crippen molar-refractivity contribution in [3.63, 3.8) is 0 Å². The van der Waals surface area contributed by atoms with Crippen LogP contribution in [0.2, 0.25) is 0 Å². The number of hydrogen-bond acceptors (Lipinski definition) is 1. The summed E-state index contributed by atoms with van der Waals surface area (Å²) in [7, 11) is 1.87. The van der Waals surface area contributed by atoms with Crippen LogP contribution in [0.1, 0.15) is 6.92 Å². The van der Waals surface area contributed by atoms with Crippen molar-refractivity contribution in [3.8, 4) is 0 Å². The summed E-state index contributed by atoms with van der Waals surface area (Å²) in [5.41, 5.74) is 0. The van der Waals surface area contributed by atoms with E-state index in [1.807, 2.05) is 18.9 Å². The Hall–Kier alpha value is 0.180. The Bertz CT molecular complexity index is 70.1. The molecule has 0 aromatic carbocycles. The van der Waals surface area contributed by atoms with Crippen molar-refractivity contribution in [1.82, 2.24) is 4.90 Å². The average molecular weight is 154 g/mol. The Morgan fingerprint density at radius 2 is 2.22 bits per heavy atom. The van der Waals surface area contributed by atoms with Crippen LogP contribution in [0.25, 0.3) is 0 Å². The van der Waals surface area contributed by atoms with Crippen molar-refractivity contribution in [1.29, 1.82) is 0 Å². The predicted octanol–water partition coefficient (Wildman–Crippen LogP) is 1.52. The van der Waals surface area contributed by atoms with Gasteiger partial charge in [0.2, 0.25) is 0 Å². The molecule has 0 fully saturated rings. The standard InChI is InChI=1S/C6H13ClFN/c1-6(5-7)9(2)4-3-8/h6H,3-5H2,1-2H3. The number of halogens is 2. The van der Waals surface area contributed by atoms with Gasteiger partial charge in [0.25, 0.3) is 0 Å². The molecular weight excluding hydrogens is 141 g/mol. The van der Waals surface area contributed by atoms with Gasteiger partial charge in [-0.1, -0.05) is 0 Å². The van der Waals surface area contributed by atoms with Gasteiger partial charge < -0.3 is 0 Å².